The summed E-state index contributed by atoms with van der Waals surface area (Å²) in [5.74, 6) is -0.526. The standard InChI is InChI=1S/C18H16ClFN4O/c19-16-12-14(6-7-17(16)20)22-18(25)21-10-8-13-9-11-24(23-13)15-4-2-1-3-5-15/h1-7,9,11-12H,8,10H2,(H2,21,22,25). The Balaban J connectivity index is 1.48. The highest BCUT2D eigenvalue weighted by atomic mass is 35.5. The average Bonchev–Trinajstić information content (AvgIpc) is 3.08. The number of urea groups is 1. The molecular weight excluding hydrogens is 343 g/mol. The topological polar surface area (TPSA) is 59.0 Å². The van der Waals surface area contributed by atoms with Crippen molar-refractivity contribution in [3.8, 4) is 5.69 Å². The number of halogens is 2. The van der Waals surface area contributed by atoms with Crippen LogP contribution in [0.25, 0.3) is 5.69 Å². The molecule has 5 nitrogen and oxygen atoms in total. The summed E-state index contributed by atoms with van der Waals surface area (Å²) in [5.41, 5.74) is 2.28. The molecule has 0 bridgehead atoms. The van der Waals surface area contributed by atoms with E-state index in [0.29, 0.717) is 18.7 Å². The molecule has 0 saturated heterocycles. The molecule has 1 heterocycles. The Morgan fingerprint density at radius 3 is 2.72 bits per heavy atom. The Hall–Kier alpha value is -2.86. The van der Waals surface area contributed by atoms with Crippen LogP contribution in [0.2, 0.25) is 5.02 Å². The monoisotopic (exact) mass is 358 g/mol. The van der Waals surface area contributed by atoms with Gasteiger partial charge in [-0.05, 0) is 36.4 Å². The van der Waals surface area contributed by atoms with Crippen LogP contribution >= 0.6 is 11.6 Å². The number of rotatable bonds is 5. The molecule has 1 aromatic heterocycles. The number of nitrogens with one attached hydrogen (secondary N) is 2. The predicted octanol–water partition coefficient (Wildman–Crippen LogP) is 4.03. The summed E-state index contributed by atoms with van der Waals surface area (Å²) >= 11 is 5.68. The van der Waals surface area contributed by atoms with Crippen molar-refractivity contribution in [1.29, 1.82) is 0 Å². The van der Waals surface area contributed by atoms with Gasteiger partial charge in [0.25, 0.3) is 0 Å². The minimum absolute atomic E-state index is 0.0377. The second-order valence-corrected chi connectivity index (χ2v) is 5.75. The maximum Gasteiger partial charge on any atom is 0.319 e. The number of para-hydroxylation sites is 1. The summed E-state index contributed by atoms with van der Waals surface area (Å²) in [4.78, 5) is 11.8. The van der Waals surface area contributed by atoms with Crippen molar-refractivity contribution >= 4 is 23.3 Å². The molecule has 2 amide bonds. The minimum atomic E-state index is -0.526. The van der Waals surface area contributed by atoms with Crippen LogP contribution in [0, 0.1) is 5.82 Å². The molecule has 3 aromatic rings. The van der Waals surface area contributed by atoms with Gasteiger partial charge in [0.15, 0.2) is 0 Å². The van der Waals surface area contributed by atoms with Gasteiger partial charge >= 0.3 is 6.03 Å². The fraction of sp³-hybridized carbons (Fsp3) is 0.111. The molecule has 0 spiro atoms. The second-order valence-electron chi connectivity index (χ2n) is 5.35. The average molecular weight is 359 g/mol. The number of carbonyl (C=O) groups excluding carboxylic acids is 1. The van der Waals surface area contributed by atoms with E-state index in [4.69, 9.17) is 11.6 Å². The predicted molar refractivity (Wildman–Crippen MR) is 95.7 cm³/mol. The third-order valence-electron chi connectivity index (χ3n) is 3.51. The van der Waals surface area contributed by atoms with E-state index in [1.807, 2.05) is 42.6 Å². The number of aromatic nitrogens is 2. The van der Waals surface area contributed by atoms with E-state index in [-0.39, 0.29) is 11.1 Å². The summed E-state index contributed by atoms with van der Waals surface area (Å²) in [6.45, 7) is 0.423. The van der Waals surface area contributed by atoms with Crippen molar-refractivity contribution in [2.45, 2.75) is 6.42 Å². The third kappa shape index (κ3) is 4.58. The first-order chi connectivity index (χ1) is 12.1. The molecule has 25 heavy (non-hydrogen) atoms. The molecular formula is C18H16ClFN4O. The third-order valence-corrected chi connectivity index (χ3v) is 3.80. The van der Waals surface area contributed by atoms with Gasteiger partial charge in [0, 0.05) is 24.8 Å². The lowest BCUT2D eigenvalue weighted by atomic mass is 10.3. The SMILES string of the molecule is O=C(NCCc1ccn(-c2ccccc2)n1)Nc1ccc(F)c(Cl)c1. The van der Waals surface area contributed by atoms with Crippen LogP contribution in [0.3, 0.4) is 0 Å². The van der Waals surface area contributed by atoms with Crippen LogP contribution < -0.4 is 10.6 Å². The second kappa shape index (κ2) is 7.81. The van der Waals surface area contributed by atoms with Crippen LogP contribution in [0.1, 0.15) is 5.69 Å². The van der Waals surface area contributed by atoms with Crippen LogP contribution in [0.4, 0.5) is 14.9 Å². The van der Waals surface area contributed by atoms with Gasteiger partial charge in [-0.2, -0.15) is 5.10 Å². The number of anilines is 1. The Labute approximate surface area is 149 Å². The number of hydrogen-bond acceptors (Lipinski definition) is 2. The minimum Gasteiger partial charge on any atom is -0.337 e. The molecule has 0 atom stereocenters. The first-order valence-electron chi connectivity index (χ1n) is 7.72. The van der Waals surface area contributed by atoms with Gasteiger partial charge in [-0.15, -0.1) is 0 Å². The van der Waals surface area contributed by atoms with Crippen molar-refractivity contribution in [2.24, 2.45) is 0 Å². The maximum absolute atomic E-state index is 13.1. The summed E-state index contributed by atoms with van der Waals surface area (Å²) in [5, 5.41) is 9.76. The van der Waals surface area contributed by atoms with Crippen molar-refractivity contribution < 1.29 is 9.18 Å². The Bertz CT molecular complexity index is 867. The molecule has 0 aliphatic carbocycles. The fourth-order valence-electron chi connectivity index (χ4n) is 2.27. The molecule has 0 aliphatic rings. The van der Waals surface area contributed by atoms with E-state index in [9.17, 15) is 9.18 Å². The highest BCUT2D eigenvalue weighted by molar-refractivity contribution is 6.31. The van der Waals surface area contributed by atoms with Crippen molar-refractivity contribution in [3.05, 3.63) is 77.3 Å². The zero-order valence-corrected chi connectivity index (χ0v) is 14.0. The summed E-state index contributed by atoms with van der Waals surface area (Å²) in [7, 11) is 0. The zero-order chi connectivity index (χ0) is 17.6. The van der Waals surface area contributed by atoms with Gasteiger partial charge in [0.2, 0.25) is 0 Å². The van der Waals surface area contributed by atoms with Gasteiger partial charge in [0.05, 0.1) is 16.4 Å². The van der Waals surface area contributed by atoms with E-state index < -0.39 is 5.82 Å². The molecule has 128 valence electrons. The molecule has 0 saturated carbocycles. The smallest absolute Gasteiger partial charge is 0.319 e. The number of amides is 2. The van der Waals surface area contributed by atoms with Crippen molar-refractivity contribution in [2.75, 3.05) is 11.9 Å². The fourth-order valence-corrected chi connectivity index (χ4v) is 2.45. The highest BCUT2D eigenvalue weighted by Gasteiger charge is 2.06. The first kappa shape index (κ1) is 17.0. The number of nitrogens with zero attached hydrogens (tertiary/aromatic N) is 2. The van der Waals surface area contributed by atoms with E-state index >= 15 is 0 Å². The van der Waals surface area contributed by atoms with Crippen LogP contribution in [-0.2, 0) is 6.42 Å². The Morgan fingerprint density at radius 2 is 1.96 bits per heavy atom. The molecule has 3 rings (SSSR count). The lowest BCUT2D eigenvalue weighted by Gasteiger charge is -2.07. The van der Waals surface area contributed by atoms with Crippen molar-refractivity contribution in [1.82, 2.24) is 15.1 Å². The van der Waals surface area contributed by atoms with E-state index in [1.54, 1.807) is 4.68 Å². The lowest BCUT2D eigenvalue weighted by molar-refractivity contribution is 0.252. The van der Waals surface area contributed by atoms with Crippen molar-refractivity contribution in [3.63, 3.8) is 0 Å². The Morgan fingerprint density at radius 1 is 1.16 bits per heavy atom. The summed E-state index contributed by atoms with van der Waals surface area (Å²) in [6.07, 6.45) is 2.47. The maximum atomic E-state index is 13.1. The summed E-state index contributed by atoms with van der Waals surface area (Å²) < 4.78 is 14.9. The number of benzene rings is 2. The van der Waals surface area contributed by atoms with Gasteiger partial charge < -0.3 is 10.6 Å². The summed E-state index contributed by atoms with van der Waals surface area (Å²) in [6, 6.07) is 15.3. The zero-order valence-electron chi connectivity index (χ0n) is 13.2. The van der Waals surface area contributed by atoms with E-state index in [1.165, 1.54) is 18.2 Å². The van der Waals surface area contributed by atoms with Crippen LogP contribution in [0.5, 0.6) is 0 Å². The Kier molecular flexibility index (Phi) is 5.30. The highest BCUT2D eigenvalue weighted by Crippen LogP contribution is 2.19. The molecule has 7 heteroatoms. The van der Waals surface area contributed by atoms with Crippen LogP contribution in [-0.4, -0.2) is 22.4 Å². The molecule has 0 radical (unpaired) electrons. The number of hydrogen-bond donors (Lipinski definition) is 2. The first-order valence-corrected chi connectivity index (χ1v) is 8.09. The van der Waals surface area contributed by atoms with E-state index in [2.05, 4.69) is 15.7 Å². The quantitative estimate of drug-likeness (QED) is 0.723. The molecule has 0 unspecified atom stereocenters. The van der Waals surface area contributed by atoms with Gasteiger partial charge in [-0.3, -0.25) is 0 Å². The van der Waals surface area contributed by atoms with Gasteiger partial charge in [-0.1, -0.05) is 29.8 Å². The van der Waals surface area contributed by atoms with Gasteiger partial charge in [-0.25, -0.2) is 13.9 Å². The molecule has 0 aliphatic heterocycles. The molecule has 2 aromatic carbocycles. The number of carbonyl (C=O) groups is 1. The van der Waals surface area contributed by atoms with Gasteiger partial charge in [0.1, 0.15) is 5.82 Å². The van der Waals surface area contributed by atoms with Crippen LogP contribution in [0.15, 0.2) is 60.8 Å². The van der Waals surface area contributed by atoms with E-state index in [0.717, 1.165) is 11.4 Å². The molecule has 2 N–H and O–H groups in total. The lowest BCUT2D eigenvalue weighted by Crippen LogP contribution is -2.30. The normalized spacial score (nSPS) is 10.5. The largest absolute Gasteiger partial charge is 0.337 e. The molecule has 0 fully saturated rings.